The molecule has 3 aromatic heterocycles. The first-order valence-electron chi connectivity index (χ1n) is 7.50. The van der Waals surface area contributed by atoms with Crippen molar-refractivity contribution in [3.8, 4) is 11.4 Å². The first-order chi connectivity index (χ1) is 11.2. The third-order valence-corrected chi connectivity index (χ3v) is 3.33. The summed E-state index contributed by atoms with van der Waals surface area (Å²) in [6, 6.07) is 9.09. The topological polar surface area (TPSA) is 88.5 Å². The summed E-state index contributed by atoms with van der Waals surface area (Å²) in [6.45, 7) is 4.72. The minimum atomic E-state index is -0.253. The zero-order valence-corrected chi connectivity index (χ0v) is 13.1. The standard InChI is InChI=1S/C16H18N6O/c1-3-8-22-15(9-11(2)21-22)18-16(23)14-10-13(19-20-14)12-6-4-5-7-17-12/h4-7,9-10H,3,8H2,1-2H3,(H,18,23)(H,19,20). The molecule has 0 spiro atoms. The molecule has 3 heterocycles. The van der Waals surface area contributed by atoms with Gasteiger partial charge in [0, 0.05) is 18.8 Å². The van der Waals surface area contributed by atoms with Gasteiger partial charge in [0.25, 0.3) is 5.91 Å². The van der Waals surface area contributed by atoms with Crippen molar-refractivity contribution in [2.24, 2.45) is 0 Å². The van der Waals surface area contributed by atoms with Crippen LogP contribution in [0.3, 0.4) is 0 Å². The van der Waals surface area contributed by atoms with Gasteiger partial charge in [-0.05, 0) is 31.5 Å². The van der Waals surface area contributed by atoms with Gasteiger partial charge in [-0.15, -0.1) is 0 Å². The van der Waals surface area contributed by atoms with Crippen LogP contribution < -0.4 is 5.32 Å². The number of carbonyl (C=O) groups excluding carboxylic acids is 1. The zero-order valence-electron chi connectivity index (χ0n) is 13.1. The van der Waals surface area contributed by atoms with Crippen LogP contribution in [0.4, 0.5) is 5.82 Å². The van der Waals surface area contributed by atoms with Crippen molar-refractivity contribution in [2.45, 2.75) is 26.8 Å². The molecule has 0 unspecified atom stereocenters. The normalized spacial score (nSPS) is 10.7. The molecule has 0 aliphatic rings. The van der Waals surface area contributed by atoms with Gasteiger partial charge in [-0.3, -0.25) is 14.9 Å². The predicted octanol–water partition coefficient (Wildman–Crippen LogP) is 2.64. The second-order valence-electron chi connectivity index (χ2n) is 5.23. The maximum atomic E-state index is 12.4. The molecular formula is C16H18N6O. The number of carbonyl (C=O) groups is 1. The summed E-state index contributed by atoms with van der Waals surface area (Å²) in [5, 5.41) is 14.1. The van der Waals surface area contributed by atoms with Crippen molar-refractivity contribution >= 4 is 11.7 Å². The number of hydrogen-bond acceptors (Lipinski definition) is 4. The molecule has 0 aromatic carbocycles. The van der Waals surface area contributed by atoms with Crippen LogP contribution >= 0.6 is 0 Å². The molecule has 3 rings (SSSR count). The smallest absolute Gasteiger partial charge is 0.274 e. The fourth-order valence-electron chi connectivity index (χ4n) is 2.30. The van der Waals surface area contributed by atoms with Gasteiger partial charge < -0.3 is 5.32 Å². The third kappa shape index (κ3) is 3.28. The molecule has 0 fully saturated rings. The molecule has 7 nitrogen and oxygen atoms in total. The molecule has 0 atom stereocenters. The SMILES string of the molecule is CCCn1nc(C)cc1NC(=O)c1cc(-c2ccccn2)n[nH]1. The third-order valence-electron chi connectivity index (χ3n) is 3.33. The summed E-state index contributed by atoms with van der Waals surface area (Å²) in [4.78, 5) is 16.6. The van der Waals surface area contributed by atoms with E-state index in [1.165, 1.54) is 0 Å². The van der Waals surface area contributed by atoms with E-state index in [0.717, 1.165) is 24.4 Å². The van der Waals surface area contributed by atoms with Gasteiger partial charge in [0.2, 0.25) is 0 Å². The fraction of sp³-hybridized carbons (Fsp3) is 0.250. The highest BCUT2D eigenvalue weighted by atomic mass is 16.2. The molecule has 0 aliphatic carbocycles. The molecule has 23 heavy (non-hydrogen) atoms. The van der Waals surface area contributed by atoms with E-state index >= 15 is 0 Å². The van der Waals surface area contributed by atoms with Crippen LogP contribution in [0.15, 0.2) is 36.5 Å². The van der Waals surface area contributed by atoms with Crippen LogP contribution in [-0.4, -0.2) is 30.9 Å². The van der Waals surface area contributed by atoms with E-state index in [1.807, 2.05) is 31.2 Å². The van der Waals surface area contributed by atoms with Gasteiger partial charge >= 0.3 is 0 Å². The Bertz CT molecular complexity index is 805. The zero-order chi connectivity index (χ0) is 16.2. The Hall–Kier alpha value is -2.96. The summed E-state index contributed by atoms with van der Waals surface area (Å²) >= 11 is 0. The van der Waals surface area contributed by atoms with Crippen molar-refractivity contribution in [3.63, 3.8) is 0 Å². The van der Waals surface area contributed by atoms with Crippen molar-refractivity contribution in [2.75, 3.05) is 5.32 Å². The number of aromatic nitrogens is 5. The van der Waals surface area contributed by atoms with Crippen LogP contribution in [0.5, 0.6) is 0 Å². The minimum Gasteiger partial charge on any atom is -0.305 e. The van der Waals surface area contributed by atoms with E-state index in [0.29, 0.717) is 17.2 Å². The van der Waals surface area contributed by atoms with Gasteiger partial charge in [0.1, 0.15) is 17.2 Å². The van der Waals surface area contributed by atoms with Crippen molar-refractivity contribution in [1.82, 2.24) is 25.0 Å². The van der Waals surface area contributed by atoms with Gasteiger partial charge in [-0.2, -0.15) is 10.2 Å². The van der Waals surface area contributed by atoms with Crippen molar-refractivity contribution in [3.05, 3.63) is 47.9 Å². The highest BCUT2D eigenvalue weighted by Gasteiger charge is 2.14. The van der Waals surface area contributed by atoms with Crippen LogP contribution in [0.25, 0.3) is 11.4 Å². The summed E-state index contributed by atoms with van der Waals surface area (Å²) in [5.41, 5.74) is 2.60. The molecule has 0 aliphatic heterocycles. The fourth-order valence-corrected chi connectivity index (χ4v) is 2.30. The lowest BCUT2D eigenvalue weighted by molar-refractivity contribution is 0.102. The van der Waals surface area contributed by atoms with Gasteiger partial charge in [0.15, 0.2) is 0 Å². The van der Waals surface area contributed by atoms with E-state index < -0.39 is 0 Å². The summed E-state index contributed by atoms with van der Waals surface area (Å²) in [7, 11) is 0. The Labute approximate surface area is 133 Å². The first-order valence-corrected chi connectivity index (χ1v) is 7.50. The van der Waals surface area contributed by atoms with Gasteiger partial charge in [0.05, 0.1) is 11.4 Å². The number of pyridine rings is 1. The summed E-state index contributed by atoms with van der Waals surface area (Å²) in [5.74, 6) is 0.431. The Balaban J connectivity index is 1.78. The molecule has 118 valence electrons. The predicted molar refractivity (Wildman–Crippen MR) is 87.0 cm³/mol. The van der Waals surface area contributed by atoms with Crippen molar-refractivity contribution < 1.29 is 4.79 Å². The average molecular weight is 310 g/mol. The van der Waals surface area contributed by atoms with E-state index in [-0.39, 0.29) is 5.91 Å². The number of rotatable bonds is 5. The van der Waals surface area contributed by atoms with E-state index in [9.17, 15) is 4.79 Å². The maximum absolute atomic E-state index is 12.4. The molecule has 1 amide bonds. The molecule has 0 saturated carbocycles. The average Bonchev–Trinajstić information content (AvgIpc) is 3.16. The van der Waals surface area contributed by atoms with Crippen molar-refractivity contribution in [1.29, 1.82) is 0 Å². The maximum Gasteiger partial charge on any atom is 0.274 e. The molecule has 2 N–H and O–H groups in total. The Kier molecular flexibility index (Phi) is 4.18. The van der Waals surface area contributed by atoms with Gasteiger partial charge in [-0.25, -0.2) is 4.68 Å². The molecule has 0 radical (unpaired) electrons. The second kappa shape index (κ2) is 6.43. The number of aryl methyl sites for hydroxylation is 2. The largest absolute Gasteiger partial charge is 0.305 e. The van der Waals surface area contributed by atoms with Crippen LogP contribution in [-0.2, 0) is 6.54 Å². The number of amides is 1. The lowest BCUT2D eigenvalue weighted by Crippen LogP contribution is -2.16. The summed E-state index contributed by atoms with van der Waals surface area (Å²) < 4.78 is 1.79. The molecule has 0 saturated heterocycles. The number of hydrogen-bond donors (Lipinski definition) is 2. The molecule has 3 aromatic rings. The highest BCUT2D eigenvalue weighted by Crippen LogP contribution is 2.16. The molecule has 0 bridgehead atoms. The van der Waals surface area contributed by atoms with E-state index in [1.54, 1.807) is 16.9 Å². The first kappa shape index (κ1) is 15.0. The number of anilines is 1. The molecule has 7 heteroatoms. The highest BCUT2D eigenvalue weighted by molar-refractivity contribution is 6.02. The minimum absolute atomic E-state index is 0.253. The number of nitrogens with one attached hydrogen (secondary N) is 2. The molecular weight excluding hydrogens is 292 g/mol. The van der Waals surface area contributed by atoms with Crippen LogP contribution in [0.1, 0.15) is 29.5 Å². The van der Waals surface area contributed by atoms with E-state index in [4.69, 9.17) is 0 Å². The number of aromatic amines is 1. The monoisotopic (exact) mass is 310 g/mol. The Morgan fingerprint density at radius 2 is 2.17 bits per heavy atom. The number of nitrogens with zero attached hydrogens (tertiary/aromatic N) is 4. The second-order valence-corrected chi connectivity index (χ2v) is 5.23. The van der Waals surface area contributed by atoms with Crippen LogP contribution in [0, 0.1) is 6.92 Å². The van der Waals surface area contributed by atoms with Gasteiger partial charge in [-0.1, -0.05) is 13.0 Å². The Morgan fingerprint density at radius 3 is 2.91 bits per heavy atom. The summed E-state index contributed by atoms with van der Waals surface area (Å²) in [6.07, 6.45) is 2.63. The Morgan fingerprint density at radius 1 is 1.30 bits per heavy atom. The van der Waals surface area contributed by atoms with E-state index in [2.05, 4.69) is 32.5 Å². The number of H-pyrrole nitrogens is 1. The van der Waals surface area contributed by atoms with Crippen LogP contribution in [0.2, 0.25) is 0 Å². The quantitative estimate of drug-likeness (QED) is 0.758. The lowest BCUT2D eigenvalue weighted by Gasteiger charge is -2.06. The lowest BCUT2D eigenvalue weighted by atomic mass is 10.2.